The van der Waals surface area contributed by atoms with Crippen molar-refractivity contribution in [2.45, 2.75) is 71.9 Å². The molecule has 160 valence electrons. The van der Waals surface area contributed by atoms with Crippen molar-refractivity contribution in [2.24, 2.45) is 0 Å². The maximum Gasteiger partial charge on any atom is 0.226 e. The Morgan fingerprint density at radius 1 is 1.17 bits per heavy atom. The number of aryl methyl sites for hydroxylation is 1. The standard InChI is InChI=1S/C22H25NO5S2/c1-23-19-8-7-18(9-14(19)3-2-4-20(23)24)30(26,27)21-10-15(13-29-21)22(25)11-16-5-6-17(12-22)28-16/h7-10,13,16-17,25H,2-6,11-12H2,1H3. The molecule has 1 aromatic heterocycles. The van der Waals surface area contributed by atoms with Crippen LogP contribution in [0, 0.1) is 0 Å². The number of amides is 1. The van der Waals surface area contributed by atoms with Gasteiger partial charge in [0.1, 0.15) is 4.21 Å². The van der Waals surface area contributed by atoms with Gasteiger partial charge in [0.15, 0.2) is 0 Å². The molecule has 2 fully saturated rings. The molecule has 2 bridgehead atoms. The Morgan fingerprint density at radius 2 is 1.90 bits per heavy atom. The molecule has 5 rings (SSSR count). The summed E-state index contributed by atoms with van der Waals surface area (Å²) < 4.78 is 32.7. The number of ether oxygens (including phenoxy) is 1. The van der Waals surface area contributed by atoms with Crippen molar-refractivity contribution in [3.63, 3.8) is 0 Å². The van der Waals surface area contributed by atoms with E-state index >= 15 is 0 Å². The first-order chi connectivity index (χ1) is 14.3. The maximum atomic E-state index is 13.3. The van der Waals surface area contributed by atoms with Crippen LogP contribution in [-0.4, -0.2) is 38.7 Å². The van der Waals surface area contributed by atoms with Gasteiger partial charge < -0.3 is 14.7 Å². The number of benzene rings is 1. The largest absolute Gasteiger partial charge is 0.385 e. The fourth-order valence-electron chi connectivity index (χ4n) is 4.96. The van der Waals surface area contributed by atoms with Gasteiger partial charge in [-0.25, -0.2) is 8.42 Å². The molecule has 3 aliphatic heterocycles. The number of carbonyl (C=O) groups excluding carboxylic acids is 1. The Bertz CT molecular complexity index is 1090. The van der Waals surface area contributed by atoms with Crippen LogP contribution in [0.2, 0.25) is 0 Å². The van der Waals surface area contributed by atoms with E-state index in [1.54, 1.807) is 41.6 Å². The number of aliphatic hydroxyl groups is 1. The van der Waals surface area contributed by atoms with Crippen molar-refractivity contribution in [3.8, 4) is 0 Å². The minimum absolute atomic E-state index is 0.0472. The lowest BCUT2D eigenvalue weighted by Gasteiger charge is -2.36. The average molecular weight is 448 g/mol. The molecule has 0 aliphatic carbocycles. The normalized spacial score (nSPS) is 29.0. The molecule has 30 heavy (non-hydrogen) atoms. The number of anilines is 1. The molecule has 2 unspecified atom stereocenters. The fraction of sp³-hybridized carbons (Fsp3) is 0.500. The number of rotatable bonds is 3. The number of fused-ring (bicyclic) bond motifs is 3. The van der Waals surface area contributed by atoms with Crippen LogP contribution in [-0.2, 0) is 31.4 Å². The third-order valence-electron chi connectivity index (χ3n) is 6.64. The fourth-order valence-corrected chi connectivity index (χ4v) is 7.68. The minimum Gasteiger partial charge on any atom is -0.385 e. The summed E-state index contributed by atoms with van der Waals surface area (Å²) in [5.41, 5.74) is 1.30. The monoisotopic (exact) mass is 447 g/mol. The summed E-state index contributed by atoms with van der Waals surface area (Å²) in [7, 11) is -1.97. The van der Waals surface area contributed by atoms with Gasteiger partial charge in [-0.3, -0.25) is 4.79 Å². The predicted molar refractivity (Wildman–Crippen MR) is 114 cm³/mol. The maximum absolute atomic E-state index is 13.3. The molecule has 1 N–H and O–H groups in total. The zero-order valence-electron chi connectivity index (χ0n) is 16.8. The molecule has 4 heterocycles. The van der Waals surface area contributed by atoms with Crippen LogP contribution >= 0.6 is 11.3 Å². The van der Waals surface area contributed by atoms with Gasteiger partial charge in [-0.2, -0.15) is 0 Å². The molecule has 3 aliphatic rings. The number of carbonyl (C=O) groups is 1. The van der Waals surface area contributed by atoms with Gasteiger partial charge in [0.05, 0.1) is 22.7 Å². The van der Waals surface area contributed by atoms with Crippen molar-refractivity contribution in [3.05, 3.63) is 40.8 Å². The molecular weight excluding hydrogens is 422 g/mol. The summed E-state index contributed by atoms with van der Waals surface area (Å²) in [6, 6.07) is 6.63. The first-order valence-electron chi connectivity index (χ1n) is 10.4. The summed E-state index contributed by atoms with van der Waals surface area (Å²) in [6.45, 7) is 0. The highest BCUT2D eigenvalue weighted by atomic mass is 32.2. The van der Waals surface area contributed by atoms with Gasteiger partial charge in [-0.05, 0) is 66.5 Å². The van der Waals surface area contributed by atoms with E-state index in [9.17, 15) is 18.3 Å². The molecule has 1 aromatic carbocycles. The first-order valence-corrected chi connectivity index (χ1v) is 12.7. The molecule has 0 radical (unpaired) electrons. The summed E-state index contributed by atoms with van der Waals surface area (Å²) in [4.78, 5) is 13.9. The minimum atomic E-state index is -3.70. The van der Waals surface area contributed by atoms with Crippen LogP contribution in [0.15, 0.2) is 38.8 Å². The Labute approximate surface area is 180 Å². The second-order valence-corrected chi connectivity index (χ2v) is 11.7. The third-order valence-corrected chi connectivity index (χ3v) is 9.83. The highest BCUT2D eigenvalue weighted by Gasteiger charge is 2.45. The Morgan fingerprint density at radius 3 is 2.63 bits per heavy atom. The van der Waals surface area contributed by atoms with E-state index in [2.05, 4.69) is 0 Å². The van der Waals surface area contributed by atoms with Crippen molar-refractivity contribution < 1.29 is 23.1 Å². The van der Waals surface area contributed by atoms with Gasteiger partial charge in [-0.15, -0.1) is 11.3 Å². The van der Waals surface area contributed by atoms with Crippen LogP contribution in [0.5, 0.6) is 0 Å². The lowest BCUT2D eigenvalue weighted by atomic mass is 9.85. The Balaban J connectivity index is 1.47. The predicted octanol–water partition coefficient (Wildman–Crippen LogP) is 3.41. The topological polar surface area (TPSA) is 83.9 Å². The molecule has 0 spiro atoms. The lowest BCUT2D eigenvalue weighted by molar-refractivity contribution is -0.118. The second kappa shape index (κ2) is 7.15. The molecule has 0 saturated carbocycles. The van der Waals surface area contributed by atoms with E-state index in [1.165, 1.54) is 0 Å². The zero-order chi connectivity index (χ0) is 21.1. The van der Waals surface area contributed by atoms with Gasteiger partial charge in [-0.1, -0.05) is 0 Å². The second-order valence-electron chi connectivity index (χ2n) is 8.65. The number of sulfone groups is 1. The van der Waals surface area contributed by atoms with E-state index in [0.29, 0.717) is 37.7 Å². The Kier molecular flexibility index (Phi) is 4.81. The van der Waals surface area contributed by atoms with Gasteiger partial charge in [0, 0.05) is 32.0 Å². The van der Waals surface area contributed by atoms with Crippen LogP contribution in [0.1, 0.15) is 49.7 Å². The van der Waals surface area contributed by atoms with E-state index in [4.69, 9.17) is 4.74 Å². The van der Waals surface area contributed by atoms with E-state index in [1.807, 2.05) is 0 Å². The third kappa shape index (κ3) is 3.30. The highest BCUT2D eigenvalue weighted by molar-refractivity contribution is 7.93. The van der Waals surface area contributed by atoms with Gasteiger partial charge in [0.2, 0.25) is 15.7 Å². The van der Waals surface area contributed by atoms with Crippen molar-refractivity contribution in [1.82, 2.24) is 0 Å². The number of hydrogen-bond donors (Lipinski definition) is 1. The van der Waals surface area contributed by atoms with E-state index in [-0.39, 0.29) is 27.2 Å². The van der Waals surface area contributed by atoms with Crippen LogP contribution < -0.4 is 4.90 Å². The summed E-state index contributed by atoms with van der Waals surface area (Å²) >= 11 is 1.16. The summed E-state index contributed by atoms with van der Waals surface area (Å²) in [6.07, 6.45) is 4.88. The first kappa shape index (κ1) is 20.2. The molecule has 8 heteroatoms. The van der Waals surface area contributed by atoms with Crippen LogP contribution in [0.4, 0.5) is 5.69 Å². The summed E-state index contributed by atoms with van der Waals surface area (Å²) in [5.74, 6) is 0.0472. The molecule has 2 aromatic rings. The van der Waals surface area contributed by atoms with Crippen molar-refractivity contribution in [1.29, 1.82) is 0 Å². The molecule has 1 amide bonds. The van der Waals surface area contributed by atoms with Gasteiger partial charge in [0.25, 0.3) is 0 Å². The average Bonchev–Trinajstić information content (AvgIpc) is 3.32. The summed E-state index contributed by atoms with van der Waals surface area (Å²) in [5, 5.41) is 13.0. The quantitative estimate of drug-likeness (QED) is 0.780. The lowest BCUT2D eigenvalue weighted by Crippen LogP contribution is -2.38. The zero-order valence-corrected chi connectivity index (χ0v) is 18.5. The van der Waals surface area contributed by atoms with E-state index < -0.39 is 15.4 Å². The molecule has 6 nitrogen and oxygen atoms in total. The Hall–Kier alpha value is -1.74. The number of hydrogen-bond acceptors (Lipinski definition) is 6. The van der Waals surface area contributed by atoms with E-state index in [0.717, 1.165) is 35.4 Å². The highest BCUT2D eigenvalue weighted by Crippen LogP contribution is 2.45. The molecule has 2 atom stereocenters. The number of nitrogens with zero attached hydrogens (tertiary/aromatic N) is 1. The molecular formula is C22H25NO5S2. The SMILES string of the molecule is CN1C(=O)CCCc2cc(S(=O)(=O)c3cc(C4(O)CC5CCC(C4)O5)cs3)ccc21. The van der Waals surface area contributed by atoms with Gasteiger partial charge >= 0.3 is 0 Å². The number of thiophene rings is 1. The van der Waals surface area contributed by atoms with Crippen LogP contribution in [0.25, 0.3) is 0 Å². The van der Waals surface area contributed by atoms with Crippen LogP contribution in [0.3, 0.4) is 0 Å². The smallest absolute Gasteiger partial charge is 0.226 e. The molecule has 2 saturated heterocycles. The van der Waals surface area contributed by atoms with Crippen molar-refractivity contribution in [2.75, 3.05) is 11.9 Å². The van der Waals surface area contributed by atoms with Crippen molar-refractivity contribution >= 4 is 32.8 Å².